The normalized spacial score (nSPS) is 16.5. The lowest BCUT2D eigenvalue weighted by Crippen LogP contribution is -2.37. The second-order valence-corrected chi connectivity index (χ2v) is 6.73. The van der Waals surface area contributed by atoms with Crippen LogP contribution in [0.3, 0.4) is 0 Å². The molecule has 4 rings (SSSR count). The zero-order chi connectivity index (χ0) is 19.7. The van der Waals surface area contributed by atoms with Gasteiger partial charge in [-0.05, 0) is 31.0 Å². The maximum atomic E-state index is 13.0. The number of amides is 1. The molecule has 8 heteroatoms. The van der Waals surface area contributed by atoms with Gasteiger partial charge in [-0.3, -0.25) is 19.4 Å². The predicted molar refractivity (Wildman–Crippen MR) is 104 cm³/mol. The molecule has 0 bridgehead atoms. The molecule has 1 fully saturated rings. The number of pyridine rings is 2. The average molecular weight is 379 g/mol. The number of hydrogen-bond acceptors (Lipinski definition) is 5. The van der Waals surface area contributed by atoms with Crippen LogP contribution in [0, 0.1) is 5.41 Å². The van der Waals surface area contributed by atoms with Gasteiger partial charge in [0.1, 0.15) is 16.8 Å². The van der Waals surface area contributed by atoms with Crippen LogP contribution in [0.1, 0.15) is 23.2 Å². The van der Waals surface area contributed by atoms with Gasteiger partial charge < -0.3 is 14.6 Å². The first-order chi connectivity index (χ1) is 13.6. The van der Waals surface area contributed by atoms with E-state index in [0.717, 1.165) is 12.8 Å². The van der Waals surface area contributed by atoms with E-state index in [1.54, 1.807) is 30.5 Å². The van der Waals surface area contributed by atoms with Crippen molar-refractivity contribution < 1.29 is 9.53 Å². The molecule has 0 unspecified atom stereocenters. The largest absolute Gasteiger partial charge is 0.376 e. The average Bonchev–Trinajstić information content (AvgIpc) is 3.22. The fourth-order valence-corrected chi connectivity index (χ4v) is 3.47. The molecule has 0 saturated carbocycles. The van der Waals surface area contributed by atoms with Gasteiger partial charge in [0.15, 0.2) is 0 Å². The second kappa shape index (κ2) is 7.40. The number of rotatable bonds is 5. The Morgan fingerprint density at radius 3 is 3.07 bits per heavy atom. The van der Waals surface area contributed by atoms with Crippen LogP contribution >= 0.6 is 0 Å². The summed E-state index contributed by atoms with van der Waals surface area (Å²) in [5.41, 5.74) is 0.669. The van der Waals surface area contributed by atoms with Crippen molar-refractivity contribution in [3.05, 3.63) is 64.5 Å². The summed E-state index contributed by atoms with van der Waals surface area (Å²) < 4.78 is 8.48. The molecule has 0 aromatic carbocycles. The molecule has 1 aliphatic heterocycles. The second-order valence-electron chi connectivity index (χ2n) is 6.73. The summed E-state index contributed by atoms with van der Waals surface area (Å²) >= 11 is 0. The van der Waals surface area contributed by atoms with Gasteiger partial charge in [-0.1, -0.05) is 12.1 Å². The number of nitrogens with one attached hydrogen (secondary N) is 2. The highest BCUT2D eigenvalue weighted by Crippen LogP contribution is 2.12. The number of nitrogens with zero attached hydrogens (tertiary/aromatic N) is 3. The SMILES string of the molecule is C=CCn1c(=N)c(C(=O)NC[C@H]2CCCO2)cc2c(=O)n3ccccc3nc21. The van der Waals surface area contributed by atoms with Crippen LogP contribution in [0.4, 0.5) is 0 Å². The Morgan fingerprint density at radius 2 is 2.32 bits per heavy atom. The zero-order valence-electron chi connectivity index (χ0n) is 15.4. The van der Waals surface area contributed by atoms with Gasteiger partial charge in [0.05, 0.1) is 17.1 Å². The number of aromatic nitrogens is 3. The van der Waals surface area contributed by atoms with Crippen molar-refractivity contribution in [1.82, 2.24) is 19.3 Å². The fraction of sp³-hybridized carbons (Fsp3) is 0.300. The van der Waals surface area contributed by atoms with Crippen LogP contribution in [0.25, 0.3) is 16.7 Å². The molecule has 3 aromatic heterocycles. The number of hydrogen-bond donors (Lipinski definition) is 2. The molecule has 0 spiro atoms. The van der Waals surface area contributed by atoms with Crippen molar-refractivity contribution in [3.8, 4) is 0 Å². The lowest BCUT2D eigenvalue weighted by Gasteiger charge is -2.14. The Balaban J connectivity index is 1.85. The molecule has 144 valence electrons. The van der Waals surface area contributed by atoms with Crippen LogP contribution in [0.15, 0.2) is 47.9 Å². The van der Waals surface area contributed by atoms with Crippen LogP contribution in [0.5, 0.6) is 0 Å². The Kier molecular flexibility index (Phi) is 4.79. The Hall–Kier alpha value is -3.26. The highest BCUT2D eigenvalue weighted by Gasteiger charge is 2.20. The molecule has 1 amide bonds. The first-order valence-electron chi connectivity index (χ1n) is 9.20. The molecule has 1 saturated heterocycles. The van der Waals surface area contributed by atoms with Crippen molar-refractivity contribution in [2.24, 2.45) is 0 Å². The Morgan fingerprint density at radius 1 is 1.46 bits per heavy atom. The highest BCUT2D eigenvalue weighted by molar-refractivity contribution is 5.96. The number of carbonyl (C=O) groups excluding carboxylic acids is 1. The minimum atomic E-state index is -0.405. The Labute approximate surface area is 160 Å². The molecule has 28 heavy (non-hydrogen) atoms. The topological polar surface area (TPSA) is 101 Å². The van der Waals surface area contributed by atoms with Crippen LogP contribution < -0.4 is 16.4 Å². The number of carbonyl (C=O) groups is 1. The van der Waals surface area contributed by atoms with E-state index in [1.165, 1.54) is 15.0 Å². The minimum absolute atomic E-state index is 0.00451. The quantitative estimate of drug-likeness (QED) is 0.514. The molecule has 1 atom stereocenters. The number of allylic oxidation sites excluding steroid dienone is 1. The van der Waals surface area contributed by atoms with Gasteiger partial charge >= 0.3 is 0 Å². The van der Waals surface area contributed by atoms with Crippen molar-refractivity contribution in [1.29, 1.82) is 5.41 Å². The molecule has 3 aromatic rings. The van der Waals surface area contributed by atoms with Gasteiger partial charge in [0.25, 0.3) is 11.5 Å². The van der Waals surface area contributed by atoms with Gasteiger partial charge in [-0.15, -0.1) is 6.58 Å². The Bertz CT molecular complexity index is 1190. The van der Waals surface area contributed by atoms with E-state index in [1.807, 2.05) is 0 Å². The summed E-state index contributed by atoms with van der Waals surface area (Å²) in [6, 6.07) is 6.72. The molecule has 4 heterocycles. The maximum absolute atomic E-state index is 13.0. The number of fused-ring (bicyclic) bond motifs is 2. The maximum Gasteiger partial charge on any atom is 0.267 e. The van der Waals surface area contributed by atoms with Gasteiger partial charge in [-0.2, -0.15) is 0 Å². The lowest BCUT2D eigenvalue weighted by atomic mass is 10.2. The van der Waals surface area contributed by atoms with E-state index in [2.05, 4.69) is 16.9 Å². The van der Waals surface area contributed by atoms with Gasteiger partial charge in [0, 0.05) is 25.9 Å². The van der Waals surface area contributed by atoms with E-state index in [9.17, 15) is 9.59 Å². The first kappa shape index (κ1) is 18.1. The summed E-state index contributed by atoms with van der Waals surface area (Å²) in [4.78, 5) is 30.2. The smallest absolute Gasteiger partial charge is 0.267 e. The zero-order valence-corrected chi connectivity index (χ0v) is 15.4. The molecule has 0 radical (unpaired) electrons. The summed E-state index contributed by atoms with van der Waals surface area (Å²) in [6.45, 7) is 5.07. The standard InChI is InChI=1S/C20H21N5O3/c1-2-8-25-17(21)14(19(26)22-12-13-6-5-10-28-13)11-15-18(25)23-16-7-3-4-9-24(16)20(15)27/h2-4,7,9,11,13,21H,1,5-6,8,10,12H2,(H,22,26)/t13-/m1/s1. The number of ether oxygens (including phenoxy) is 1. The summed E-state index contributed by atoms with van der Waals surface area (Å²) in [7, 11) is 0. The minimum Gasteiger partial charge on any atom is -0.376 e. The monoisotopic (exact) mass is 379 g/mol. The molecule has 8 nitrogen and oxygen atoms in total. The van der Waals surface area contributed by atoms with E-state index < -0.39 is 5.91 Å². The van der Waals surface area contributed by atoms with Crippen LogP contribution in [-0.2, 0) is 11.3 Å². The van der Waals surface area contributed by atoms with E-state index in [4.69, 9.17) is 10.1 Å². The van der Waals surface area contributed by atoms with Crippen molar-refractivity contribution in [2.75, 3.05) is 13.2 Å². The predicted octanol–water partition coefficient (Wildman–Crippen LogP) is 1.22. The highest BCUT2D eigenvalue weighted by atomic mass is 16.5. The fourth-order valence-electron chi connectivity index (χ4n) is 3.47. The van der Waals surface area contributed by atoms with E-state index in [0.29, 0.717) is 24.4 Å². The third-order valence-electron chi connectivity index (χ3n) is 4.89. The van der Waals surface area contributed by atoms with E-state index >= 15 is 0 Å². The van der Waals surface area contributed by atoms with Gasteiger partial charge in [0.2, 0.25) is 0 Å². The summed E-state index contributed by atoms with van der Waals surface area (Å²) in [5.74, 6) is -0.405. The molecule has 0 aliphatic carbocycles. The summed E-state index contributed by atoms with van der Waals surface area (Å²) in [5, 5.41) is 11.6. The van der Waals surface area contributed by atoms with Gasteiger partial charge in [-0.25, -0.2) is 4.98 Å². The molecule has 2 N–H and O–H groups in total. The molecule has 1 aliphatic rings. The molecular weight excluding hydrogens is 358 g/mol. The van der Waals surface area contributed by atoms with Crippen molar-refractivity contribution in [2.45, 2.75) is 25.5 Å². The van der Waals surface area contributed by atoms with Crippen LogP contribution in [-0.4, -0.2) is 39.1 Å². The third-order valence-corrected chi connectivity index (χ3v) is 4.89. The lowest BCUT2D eigenvalue weighted by molar-refractivity contribution is 0.0856. The van der Waals surface area contributed by atoms with Crippen LogP contribution in [0.2, 0.25) is 0 Å². The van der Waals surface area contributed by atoms with Crippen molar-refractivity contribution >= 4 is 22.6 Å². The third kappa shape index (κ3) is 3.11. The summed E-state index contributed by atoms with van der Waals surface area (Å²) in [6.07, 6.45) is 5.12. The first-order valence-corrected chi connectivity index (χ1v) is 9.20. The van der Waals surface area contributed by atoms with Crippen molar-refractivity contribution in [3.63, 3.8) is 0 Å². The van der Waals surface area contributed by atoms with E-state index in [-0.39, 0.29) is 34.6 Å². The molecular formula is C20H21N5O3.